The molecule has 0 unspecified atom stereocenters. The number of rotatable bonds is 6. The number of carbonyl (C=O) groups is 1. The van der Waals surface area contributed by atoms with Gasteiger partial charge in [0.15, 0.2) is 0 Å². The SMILES string of the molecule is CCCc1cc(C(=O)NC[C@@H](O)c2ccc3ccccc3c2)n(C)n1. The molecule has 3 rings (SSSR count). The van der Waals surface area contributed by atoms with Gasteiger partial charge in [-0.15, -0.1) is 0 Å². The molecule has 0 aliphatic carbocycles. The summed E-state index contributed by atoms with van der Waals surface area (Å²) >= 11 is 0. The normalized spacial score (nSPS) is 12.3. The lowest BCUT2D eigenvalue weighted by molar-refractivity contribution is 0.0907. The number of aliphatic hydroxyl groups excluding tert-OH is 1. The van der Waals surface area contributed by atoms with Crippen molar-refractivity contribution in [1.29, 1.82) is 0 Å². The molecule has 1 atom stereocenters. The molecule has 2 N–H and O–H groups in total. The maximum absolute atomic E-state index is 12.3. The summed E-state index contributed by atoms with van der Waals surface area (Å²) in [7, 11) is 1.76. The average Bonchev–Trinajstić information content (AvgIpc) is 2.99. The number of nitrogens with zero attached hydrogens (tertiary/aromatic N) is 2. The zero-order valence-electron chi connectivity index (χ0n) is 14.6. The van der Waals surface area contributed by atoms with Crippen LogP contribution in [-0.2, 0) is 13.5 Å². The number of benzene rings is 2. The van der Waals surface area contributed by atoms with Gasteiger partial charge in [-0.2, -0.15) is 5.10 Å². The van der Waals surface area contributed by atoms with E-state index in [-0.39, 0.29) is 12.5 Å². The zero-order chi connectivity index (χ0) is 17.8. The molecule has 2 aromatic carbocycles. The first-order chi connectivity index (χ1) is 12.1. The molecule has 0 aliphatic rings. The van der Waals surface area contributed by atoms with Gasteiger partial charge in [-0.05, 0) is 34.9 Å². The molecule has 3 aromatic rings. The Morgan fingerprint density at radius 2 is 1.96 bits per heavy atom. The number of aryl methyl sites for hydroxylation is 2. The molecule has 1 heterocycles. The Morgan fingerprint density at radius 3 is 2.72 bits per heavy atom. The third-order valence-corrected chi connectivity index (χ3v) is 4.28. The van der Waals surface area contributed by atoms with E-state index in [2.05, 4.69) is 17.3 Å². The Bertz CT molecular complexity index is 886. The minimum absolute atomic E-state index is 0.158. The maximum atomic E-state index is 12.3. The second-order valence-electron chi connectivity index (χ2n) is 6.23. The second kappa shape index (κ2) is 7.49. The molecule has 0 saturated carbocycles. The standard InChI is InChI=1S/C20H23N3O2/c1-3-6-17-12-18(23(2)22-17)20(25)21-13-19(24)16-10-9-14-7-4-5-8-15(14)11-16/h4-5,7-12,19,24H,3,6,13H2,1-2H3,(H,21,25)/t19-/m1/s1. The highest BCUT2D eigenvalue weighted by Gasteiger charge is 2.15. The fraction of sp³-hybridized carbons (Fsp3) is 0.300. The Labute approximate surface area is 147 Å². The van der Waals surface area contributed by atoms with Crippen LogP contribution in [-0.4, -0.2) is 27.3 Å². The first kappa shape index (κ1) is 17.2. The second-order valence-corrected chi connectivity index (χ2v) is 6.23. The van der Waals surface area contributed by atoms with Gasteiger partial charge in [-0.3, -0.25) is 9.48 Å². The van der Waals surface area contributed by atoms with Gasteiger partial charge in [0.1, 0.15) is 5.69 Å². The van der Waals surface area contributed by atoms with Crippen LogP contribution in [0.25, 0.3) is 10.8 Å². The van der Waals surface area contributed by atoms with Gasteiger partial charge in [-0.25, -0.2) is 0 Å². The van der Waals surface area contributed by atoms with Crippen molar-refractivity contribution in [1.82, 2.24) is 15.1 Å². The first-order valence-electron chi connectivity index (χ1n) is 8.56. The highest BCUT2D eigenvalue weighted by Crippen LogP contribution is 2.20. The van der Waals surface area contributed by atoms with E-state index in [0.29, 0.717) is 5.69 Å². The monoisotopic (exact) mass is 337 g/mol. The van der Waals surface area contributed by atoms with Gasteiger partial charge < -0.3 is 10.4 Å². The Hall–Kier alpha value is -2.66. The van der Waals surface area contributed by atoms with Crippen LogP contribution in [0.5, 0.6) is 0 Å². The van der Waals surface area contributed by atoms with E-state index in [1.54, 1.807) is 17.8 Å². The van der Waals surface area contributed by atoms with Crippen molar-refractivity contribution < 1.29 is 9.90 Å². The van der Waals surface area contributed by atoms with Gasteiger partial charge in [0, 0.05) is 13.6 Å². The largest absolute Gasteiger partial charge is 0.387 e. The summed E-state index contributed by atoms with van der Waals surface area (Å²) in [5.41, 5.74) is 2.20. The summed E-state index contributed by atoms with van der Waals surface area (Å²) in [5, 5.41) is 19.7. The third-order valence-electron chi connectivity index (χ3n) is 4.28. The van der Waals surface area contributed by atoms with E-state index >= 15 is 0 Å². The van der Waals surface area contributed by atoms with Crippen molar-refractivity contribution in [2.24, 2.45) is 7.05 Å². The smallest absolute Gasteiger partial charge is 0.269 e. The van der Waals surface area contributed by atoms with Gasteiger partial charge in [-0.1, -0.05) is 49.7 Å². The van der Waals surface area contributed by atoms with Crippen LogP contribution < -0.4 is 5.32 Å². The molecule has 0 radical (unpaired) electrons. The number of aromatic nitrogens is 2. The van der Waals surface area contributed by atoms with Gasteiger partial charge >= 0.3 is 0 Å². The van der Waals surface area contributed by atoms with E-state index < -0.39 is 6.10 Å². The van der Waals surface area contributed by atoms with E-state index in [1.807, 2.05) is 42.5 Å². The van der Waals surface area contributed by atoms with Crippen molar-refractivity contribution in [2.45, 2.75) is 25.9 Å². The minimum Gasteiger partial charge on any atom is -0.387 e. The van der Waals surface area contributed by atoms with Crippen molar-refractivity contribution in [3.05, 3.63) is 65.5 Å². The molecule has 0 spiro atoms. The van der Waals surface area contributed by atoms with E-state index in [9.17, 15) is 9.90 Å². The molecule has 5 heteroatoms. The average molecular weight is 337 g/mol. The number of hydrogen-bond donors (Lipinski definition) is 2. The molecule has 0 bridgehead atoms. The lowest BCUT2D eigenvalue weighted by Gasteiger charge is -2.13. The van der Waals surface area contributed by atoms with E-state index in [4.69, 9.17) is 0 Å². The summed E-state index contributed by atoms with van der Waals surface area (Å²) in [6.45, 7) is 2.24. The summed E-state index contributed by atoms with van der Waals surface area (Å²) in [6.07, 6.45) is 1.08. The van der Waals surface area contributed by atoms with E-state index in [0.717, 1.165) is 34.9 Å². The van der Waals surface area contributed by atoms with Crippen LogP contribution >= 0.6 is 0 Å². The van der Waals surface area contributed by atoms with Crippen molar-refractivity contribution >= 4 is 16.7 Å². The number of carbonyl (C=O) groups excluding carboxylic acids is 1. The highest BCUT2D eigenvalue weighted by molar-refractivity contribution is 5.92. The Balaban J connectivity index is 1.66. The molecular formula is C20H23N3O2. The van der Waals surface area contributed by atoms with Crippen LogP contribution in [0.3, 0.4) is 0 Å². The van der Waals surface area contributed by atoms with Crippen molar-refractivity contribution in [3.8, 4) is 0 Å². The summed E-state index contributed by atoms with van der Waals surface area (Å²) in [4.78, 5) is 12.3. The first-order valence-corrected chi connectivity index (χ1v) is 8.56. The summed E-state index contributed by atoms with van der Waals surface area (Å²) < 4.78 is 1.59. The number of hydrogen-bond acceptors (Lipinski definition) is 3. The molecular weight excluding hydrogens is 314 g/mol. The zero-order valence-corrected chi connectivity index (χ0v) is 14.6. The maximum Gasteiger partial charge on any atom is 0.269 e. The van der Waals surface area contributed by atoms with Crippen LogP contribution in [0.15, 0.2) is 48.5 Å². The van der Waals surface area contributed by atoms with Gasteiger partial charge in [0.2, 0.25) is 0 Å². The number of nitrogens with one attached hydrogen (secondary N) is 1. The molecule has 1 amide bonds. The Morgan fingerprint density at radius 1 is 1.20 bits per heavy atom. The molecule has 1 aromatic heterocycles. The van der Waals surface area contributed by atoms with Crippen LogP contribution in [0, 0.1) is 0 Å². The Kier molecular flexibility index (Phi) is 5.14. The molecule has 0 aliphatic heterocycles. The van der Waals surface area contributed by atoms with Crippen molar-refractivity contribution in [3.63, 3.8) is 0 Å². The molecule has 25 heavy (non-hydrogen) atoms. The number of fused-ring (bicyclic) bond motifs is 1. The van der Waals surface area contributed by atoms with E-state index in [1.165, 1.54) is 0 Å². The van der Waals surface area contributed by atoms with Crippen molar-refractivity contribution in [2.75, 3.05) is 6.54 Å². The van der Waals surface area contributed by atoms with Gasteiger partial charge in [0.25, 0.3) is 5.91 Å². The highest BCUT2D eigenvalue weighted by atomic mass is 16.3. The summed E-state index contributed by atoms with van der Waals surface area (Å²) in [6, 6.07) is 15.6. The molecule has 5 nitrogen and oxygen atoms in total. The molecule has 0 saturated heterocycles. The van der Waals surface area contributed by atoms with Crippen LogP contribution in [0.1, 0.15) is 41.2 Å². The lowest BCUT2D eigenvalue weighted by Crippen LogP contribution is -2.29. The lowest BCUT2D eigenvalue weighted by atomic mass is 10.0. The predicted molar refractivity (Wildman–Crippen MR) is 98.4 cm³/mol. The predicted octanol–water partition coefficient (Wildman–Crippen LogP) is 2.99. The quantitative estimate of drug-likeness (QED) is 0.727. The van der Waals surface area contributed by atoms with Gasteiger partial charge in [0.05, 0.1) is 11.8 Å². The van der Waals surface area contributed by atoms with Crippen LogP contribution in [0.4, 0.5) is 0 Å². The topological polar surface area (TPSA) is 67.2 Å². The minimum atomic E-state index is -0.753. The molecule has 0 fully saturated rings. The number of aliphatic hydroxyl groups is 1. The molecule has 130 valence electrons. The number of amides is 1. The third kappa shape index (κ3) is 3.88. The fourth-order valence-corrected chi connectivity index (χ4v) is 2.93. The summed E-state index contributed by atoms with van der Waals surface area (Å²) in [5.74, 6) is -0.225. The fourth-order valence-electron chi connectivity index (χ4n) is 2.93. The van der Waals surface area contributed by atoms with Crippen LogP contribution in [0.2, 0.25) is 0 Å².